The topological polar surface area (TPSA) is 142 Å². The minimum absolute atomic E-state index is 0.00640. The summed E-state index contributed by atoms with van der Waals surface area (Å²) in [7, 11) is 0. The quantitative estimate of drug-likeness (QED) is 0.205. The highest BCUT2D eigenvalue weighted by atomic mass is 79.9. The highest BCUT2D eigenvalue weighted by Gasteiger charge is 2.18. The van der Waals surface area contributed by atoms with Crippen molar-refractivity contribution in [3.8, 4) is 5.75 Å². The van der Waals surface area contributed by atoms with Crippen LogP contribution in [0.15, 0.2) is 50.4 Å². The summed E-state index contributed by atoms with van der Waals surface area (Å²) in [5.41, 5.74) is 3.86. The van der Waals surface area contributed by atoms with Gasteiger partial charge in [0.25, 0.3) is 5.69 Å². The van der Waals surface area contributed by atoms with Crippen LogP contribution in [0.2, 0.25) is 0 Å². The second-order valence-electron chi connectivity index (χ2n) is 7.10. The fourth-order valence-corrected chi connectivity index (χ4v) is 4.43. The fraction of sp³-hybridized carbons (Fsp3) is 0.200. The van der Waals surface area contributed by atoms with E-state index in [0.29, 0.717) is 21.7 Å². The molecule has 1 saturated heterocycles. The molecule has 11 nitrogen and oxygen atoms in total. The van der Waals surface area contributed by atoms with Crippen molar-refractivity contribution in [3.63, 3.8) is 0 Å². The predicted octanol–water partition coefficient (Wildman–Crippen LogP) is 4.80. The van der Waals surface area contributed by atoms with E-state index in [1.807, 2.05) is 0 Å². The summed E-state index contributed by atoms with van der Waals surface area (Å²) >= 11 is 6.67. The zero-order chi connectivity index (χ0) is 23.4. The molecule has 33 heavy (non-hydrogen) atoms. The van der Waals surface area contributed by atoms with Gasteiger partial charge in [0.1, 0.15) is 5.75 Å². The van der Waals surface area contributed by atoms with E-state index in [4.69, 9.17) is 0 Å². The zero-order valence-electron chi connectivity index (χ0n) is 17.1. The first-order valence-corrected chi connectivity index (χ1v) is 11.5. The standard InChI is InChI=1S/C20H18Br2N8O3/c21-13-9-12(17(31)16(22)10-13)11-23-28-19-25-18(26-20(27-19)29-7-1-2-8-29)24-14-3-5-15(6-4-14)30(32)33/h3-6,9-11,31H,1-2,7-8H2,(H2,24,25,26,27,28)/b23-11-. The Balaban J connectivity index is 1.58. The van der Waals surface area contributed by atoms with E-state index in [2.05, 4.69) is 67.6 Å². The number of phenolic OH excluding ortho intramolecular Hbond substituents is 1. The molecule has 13 heteroatoms. The molecule has 1 fully saturated rings. The molecule has 3 N–H and O–H groups in total. The zero-order valence-corrected chi connectivity index (χ0v) is 20.2. The average Bonchev–Trinajstić information content (AvgIpc) is 3.32. The number of halogens is 2. The molecular weight excluding hydrogens is 560 g/mol. The van der Waals surface area contributed by atoms with Crippen molar-refractivity contribution < 1.29 is 10.0 Å². The van der Waals surface area contributed by atoms with Gasteiger partial charge in [0.05, 0.1) is 15.6 Å². The average molecular weight is 578 g/mol. The number of aromatic hydroxyl groups is 1. The number of hydrogen-bond acceptors (Lipinski definition) is 10. The van der Waals surface area contributed by atoms with Gasteiger partial charge in [0, 0.05) is 40.9 Å². The summed E-state index contributed by atoms with van der Waals surface area (Å²) in [6, 6.07) is 9.40. The van der Waals surface area contributed by atoms with Crippen LogP contribution in [0.3, 0.4) is 0 Å². The molecule has 0 spiro atoms. The number of anilines is 4. The first-order chi connectivity index (χ1) is 15.9. The van der Waals surface area contributed by atoms with E-state index in [1.165, 1.54) is 18.3 Å². The number of non-ortho nitro benzene ring substituents is 1. The van der Waals surface area contributed by atoms with Crippen LogP contribution in [0.25, 0.3) is 0 Å². The number of nitro groups is 1. The predicted molar refractivity (Wildman–Crippen MR) is 132 cm³/mol. The number of nitrogens with one attached hydrogen (secondary N) is 2. The molecular formula is C20H18Br2N8O3. The minimum Gasteiger partial charge on any atom is -0.506 e. The summed E-state index contributed by atoms with van der Waals surface area (Å²) in [4.78, 5) is 25.7. The molecule has 0 unspecified atom stereocenters. The van der Waals surface area contributed by atoms with Gasteiger partial charge >= 0.3 is 0 Å². The first-order valence-electron chi connectivity index (χ1n) is 9.88. The largest absolute Gasteiger partial charge is 0.506 e. The fourth-order valence-electron chi connectivity index (χ4n) is 3.17. The lowest BCUT2D eigenvalue weighted by molar-refractivity contribution is -0.384. The van der Waals surface area contributed by atoms with Crippen LogP contribution in [0, 0.1) is 10.1 Å². The maximum Gasteiger partial charge on any atom is 0.269 e. The van der Waals surface area contributed by atoms with Gasteiger partial charge in [-0.15, -0.1) is 0 Å². The molecule has 3 aromatic rings. The summed E-state index contributed by atoms with van der Waals surface area (Å²) in [5.74, 6) is 1.03. The molecule has 0 radical (unpaired) electrons. The van der Waals surface area contributed by atoms with Crippen LogP contribution in [0.4, 0.5) is 29.2 Å². The van der Waals surface area contributed by atoms with E-state index in [0.717, 1.165) is 30.4 Å². The van der Waals surface area contributed by atoms with Gasteiger partial charge in [-0.25, -0.2) is 5.43 Å². The Labute approximate surface area is 205 Å². The Bertz CT molecular complexity index is 1200. The van der Waals surface area contributed by atoms with Gasteiger partial charge in [-0.2, -0.15) is 20.1 Å². The lowest BCUT2D eigenvalue weighted by Gasteiger charge is -2.16. The first kappa shape index (κ1) is 22.9. The Morgan fingerprint density at radius 2 is 1.79 bits per heavy atom. The molecule has 170 valence electrons. The lowest BCUT2D eigenvalue weighted by atomic mass is 10.2. The molecule has 1 aliphatic heterocycles. The van der Waals surface area contributed by atoms with Gasteiger partial charge in [-0.3, -0.25) is 10.1 Å². The van der Waals surface area contributed by atoms with Crippen LogP contribution in [-0.4, -0.2) is 44.3 Å². The molecule has 0 aliphatic carbocycles. The van der Waals surface area contributed by atoms with Crippen molar-refractivity contribution in [2.75, 3.05) is 28.7 Å². The summed E-state index contributed by atoms with van der Waals surface area (Å²) < 4.78 is 1.31. The van der Waals surface area contributed by atoms with Crippen LogP contribution in [0.1, 0.15) is 18.4 Å². The Hall–Kier alpha value is -3.32. The number of aromatic nitrogens is 3. The third kappa shape index (κ3) is 5.73. The number of phenols is 1. The molecule has 1 aliphatic rings. The maximum absolute atomic E-state index is 10.9. The van der Waals surface area contributed by atoms with E-state index in [-0.39, 0.29) is 23.3 Å². The van der Waals surface area contributed by atoms with Gasteiger partial charge in [-0.1, -0.05) is 15.9 Å². The van der Waals surface area contributed by atoms with E-state index in [1.54, 1.807) is 24.3 Å². The molecule has 0 atom stereocenters. The van der Waals surface area contributed by atoms with Crippen molar-refractivity contribution in [2.45, 2.75) is 12.8 Å². The highest BCUT2D eigenvalue weighted by molar-refractivity contribution is 9.11. The van der Waals surface area contributed by atoms with Crippen LogP contribution < -0.4 is 15.6 Å². The number of rotatable bonds is 7. The minimum atomic E-state index is -0.458. The maximum atomic E-state index is 10.9. The third-order valence-corrected chi connectivity index (χ3v) is 5.83. The van der Waals surface area contributed by atoms with Gasteiger partial charge < -0.3 is 15.3 Å². The number of nitro benzene ring substituents is 1. The number of hydrazone groups is 1. The number of hydrogen-bond donors (Lipinski definition) is 3. The van der Waals surface area contributed by atoms with E-state index < -0.39 is 4.92 Å². The Morgan fingerprint density at radius 3 is 2.48 bits per heavy atom. The molecule has 0 bridgehead atoms. The second-order valence-corrected chi connectivity index (χ2v) is 8.87. The summed E-state index contributed by atoms with van der Waals surface area (Å²) in [6.45, 7) is 1.67. The number of nitrogens with zero attached hydrogens (tertiary/aromatic N) is 6. The SMILES string of the molecule is O=[N+]([O-])c1ccc(Nc2nc(N/N=C\c3cc(Br)cc(Br)c3O)nc(N3CCCC3)n2)cc1. The monoisotopic (exact) mass is 576 g/mol. The van der Waals surface area contributed by atoms with Gasteiger partial charge in [0.2, 0.25) is 17.8 Å². The Kier molecular flexibility index (Phi) is 6.99. The van der Waals surface area contributed by atoms with Crippen molar-refractivity contribution >= 4 is 67.3 Å². The molecule has 4 rings (SSSR count). The lowest BCUT2D eigenvalue weighted by Crippen LogP contribution is -2.21. The second kappa shape index (κ2) is 10.1. The number of benzene rings is 2. The summed E-state index contributed by atoms with van der Waals surface area (Å²) in [6.07, 6.45) is 3.55. The normalized spacial score (nSPS) is 13.5. The van der Waals surface area contributed by atoms with Crippen LogP contribution in [0.5, 0.6) is 5.75 Å². The molecule has 2 aromatic carbocycles. The van der Waals surface area contributed by atoms with Gasteiger partial charge in [0.15, 0.2) is 0 Å². The van der Waals surface area contributed by atoms with Crippen molar-refractivity contribution in [3.05, 3.63) is 61.0 Å². The highest BCUT2D eigenvalue weighted by Crippen LogP contribution is 2.30. The van der Waals surface area contributed by atoms with Crippen LogP contribution >= 0.6 is 31.9 Å². The molecule has 1 aromatic heterocycles. The molecule has 2 heterocycles. The van der Waals surface area contributed by atoms with Crippen LogP contribution in [-0.2, 0) is 0 Å². The molecule has 0 saturated carbocycles. The van der Waals surface area contributed by atoms with E-state index in [9.17, 15) is 15.2 Å². The van der Waals surface area contributed by atoms with Crippen molar-refractivity contribution in [1.29, 1.82) is 0 Å². The third-order valence-electron chi connectivity index (χ3n) is 4.77. The van der Waals surface area contributed by atoms with Gasteiger partial charge in [-0.05, 0) is 53.0 Å². The molecule has 0 amide bonds. The smallest absolute Gasteiger partial charge is 0.269 e. The Morgan fingerprint density at radius 1 is 1.09 bits per heavy atom. The van der Waals surface area contributed by atoms with Crippen molar-refractivity contribution in [2.24, 2.45) is 5.10 Å². The van der Waals surface area contributed by atoms with E-state index >= 15 is 0 Å². The van der Waals surface area contributed by atoms with Crippen molar-refractivity contribution in [1.82, 2.24) is 15.0 Å². The summed E-state index contributed by atoms with van der Waals surface area (Å²) in [5, 5.41) is 28.3.